The summed E-state index contributed by atoms with van der Waals surface area (Å²) < 4.78 is 19.1. The van der Waals surface area contributed by atoms with Crippen molar-refractivity contribution in [3.8, 4) is 0 Å². The Morgan fingerprint density at radius 1 is 1.08 bits per heavy atom. The highest BCUT2D eigenvalue weighted by molar-refractivity contribution is 5.86. The number of esters is 3. The van der Waals surface area contributed by atoms with Gasteiger partial charge in [0.1, 0.15) is 12.2 Å². The smallest absolute Gasteiger partial charge is 0.331 e. The van der Waals surface area contributed by atoms with Gasteiger partial charge in [-0.05, 0) is 62.0 Å². The molecule has 0 bridgehead atoms. The van der Waals surface area contributed by atoms with E-state index in [1.165, 1.54) is 25.5 Å². The first-order valence-electron chi connectivity index (χ1n) is 13.1. The van der Waals surface area contributed by atoms with Crippen molar-refractivity contribution in [2.45, 2.75) is 78.6 Å². The van der Waals surface area contributed by atoms with Gasteiger partial charge >= 0.3 is 17.9 Å². The predicted octanol–water partition coefficient (Wildman–Crippen LogP) is 4.80. The third kappa shape index (κ3) is 8.17. The predicted molar refractivity (Wildman–Crippen MR) is 140 cm³/mol. The summed E-state index contributed by atoms with van der Waals surface area (Å²) in [6.07, 6.45) is 13.4. The quantitative estimate of drug-likeness (QED) is 0.234. The Kier molecular flexibility index (Phi) is 9.89. The molecule has 37 heavy (non-hydrogen) atoms. The number of ether oxygens (including phenoxy) is 3. The highest BCUT2D eigenvalue weighted by Crippen LogP contribution is 2.45. The van der Waals surface area contributed by atoms with E-state index in [1.54, 1.807) is 18.5 Å². The first-order valence-corrected chi connectivity index (χ1v) is 13.1. The summed E-state index contributed by atoms with van der Waals surface area (Å²) >= 11 is 0. The molecule has 0 unspecified atom stereocenters. The SMILES string of the molecule is CC(=O)O[C@H]1C=CC[C@@H](OC(=O)C=Cc2cn(C)cn2)C[C@H]2C(C)=CC[C@H](C(C)C)[C@H]2C[C@H]1OC(C)=O. The number of hydrogen-bond donors (Lipinski definition) is 0. The van der Waals surface area contributed by atoms with Gasteiger partial charge in [0.2, 0.25) is 0 Å². The van der Waals surface area contributed by atoms with Crippen LogP contribution in [0, 0.1) is 23.7 Å². The van der Waals surface area contributed by atoms with E-state index in [1.807, 2.05) is 23.9 Å². The standard InChI is InChI=1S/C29H40N2O6/c1-18(2)24-12-10-19(3)25-14-23(37-29(34)13-11-22-16-31(6)17-30-22)8-7-9-27(35-20(4)32)28(15-26(24)25)36-21(5)33/h7,9-11,13,16-18,23-28H,8,12,14-15H2,1-6H3/t23-,24-,25+,26-,27+,28-/m1/s1. The van der Waals surface area contributed by atoms with Crippen molar-refractivity contribution in [3.63, 3.8) is 0 Å². The zero-order valence-corrected chi connectivity index (χ0v) is 22.8. The van der Waals surface area contributed by atoms with Gasteiger partial charge in [-0.2, -0.15) is 0 Å². The number of aromatic nitrogens is 2. The van der Waals surface area contributed by atoms with Crippen LogP contribution in [0.2, 0.25) is 0 Å². The molecule has 2 aliphatic carbocycles. The molecule has 6 atom stereocenters. The lowest BCUT2D eigenvalue weighted by atomic mass is 9.64. The van der Waals surface area contributed by atoms with Crippen LogP contribution in [0.15, 0.2) is 42.4 Å². The molecule has 2 aliphatic rings. The van der Waals surface area contributed by atoms with Gasteiger partial charge in [-0.25, -0.2) is 9.78 Å². The van der Waals surface area contributed by atoms with Gasteiger partial charge in [-0.15, -0.1) is 0 Å². The molecule has 0 spiro atoms. The van der Waals surface area contributed by atoms with Crippen LogP contribution in [-0.4, -0.2) is 45.8 Å². The van der Waals surface area contributed by atoms with E-state index in [-0.39, 0.29) is 17.9 Å². The first kappa shape index (κ1) is 28.4. The van der Waals surface area contributed by atoms with E-state index < -0.39 is 30.1 Å². The van der Waals surface area contributed by atoms with Crippen molar-refractivity contribution < 1.29 is 28.6 Å². The number of carbonyl (C=O) groups is 3. The second-order valence-corrected chi connectivity index (χ2v) is 10.6. The number of allylic oxidation sites excluding steroid dienone is 2. The highest BCUT2D eigenvalue weighted by Gasteiger charge is 2.41. The Hall–Kier alpha value is -3.16. The summed E-state index contributed by atoms with van der Waals surface area (Å²) in [6, 6.07) is 0. The minimum Gasteiger partial charge on any atom is -0.459 e. The molecule has 0 N–H and O–H groups in total. The van der Waals surface area contributed by atoms with Crippen molar-refractivity contribution in [2.24, 2.45) is 30.7 Å². The van der Waals surface area contributed by atoms with E-state index in [4.69, 9.17) is 14.2 Å². The van der Waals surface area contributed by atoms with Gasteiger partial charge in [0, 0.05) is 39.6 Å². The van der Waals surface area contributed by atoms with Gasteiger partial charge in [0.05, 0.1) is 12.0 Å². The second kappa shape index (κ2) is 12.9. The van der Waals surface area contributed by atoms with Crippen LogP contribution in [0.5, 0.6) is 0 Å². The van der Waals surface area contributed by atoms with Crippen LogP contribution in [0.4, 0.5) is 0 Å². The van der Waals surface area contributed by atoms with Crippen molar-refractivity contribution in [2.75, 3.05) is 0 Å². The Morgan fingerprint density at radius 2 is 1.81 bits per heavy atom. The van der Waals surface area contributed by atoms with E-state index in [0.29, 0.717) is 36.8 Å². The number of nitrogens with zero attached hydrogens (tertiary/aromatic N) is 2. The first-order chi connectivity index (χ1) is 17.5. The Labute approximate surface area is 219 Å². The fourth-order valence-corrected chi connectivity index (χ4v) is 5.63. The maximum Gasteiger partial charge on any atom is 0.331 e. The minimum absolute atomic E-state index is 0.140. The third-order valence-corrected chi connectivity index (χ3v) is 7.35. The average Bonchev–Trinajstić information content (AvgIpc) is 3.22. The Bertz CT molecular complexity index is 1050. The van der Waals surface area contributed by atoms with Gasteiger partial charge in [-0.1, -0.05) is 31.6 Å². The van der Waals surface area contributed by atoms with Crippen LogP contribution in [0.1, 0.15) is 66.0 Å². The van der Waals surface area contributed by atoms with Crippen LogP contribution >= 0.6 is 0 Å². The number of rotatable bonds is 6. The van der Waals surface area contributed by atoms with Crippen LogP contribution < -0.4 is 0 Å². The molecule has 8 nitrogen and oxygen atoms in total. The zero-order valence-electron chi connectivity index (χ0n) is 22.8. The van der Waals surface area contributed by atoms with Crippen LogP contribution in [0.25, 0.3) is 6.08 Å². The maximum absolute atomic E-state index is 12.7. The summed E-state index contributed by atoms with van der Waals surface area (Å²) in [5.74, 6) is -0.199. The molecular weight excluding hydrogens is 472 g/mol. The molecule has 0 fully saturated rings. The van der Waals surface area contributed by atoms with Crippen LogP contribution in [-0.2, 0) is 35.6 Å². The topological polar surface area (TPSA) is 96.7 Å². The summed E-state index contributed by atoms with van der Waals surface area (Å²) in [5.41, 5.74) is 1.93. The maximum atomic E-state index is 12.7. The van der Waals surface area contributed by atoms with Crippen LogP contribution in [0.3, 0.4) is 0 Å². The van der Waals surface area contributed by atoms with Gasteiger partial charge in [0.15, 0.2) is 6.10 Å². The van der Waals surface area contributed by atoms with Gasteiger partial charge in [-0.3, -0.25) is 9.59 Å². The third-order valence-electron chi connectivity index (χ3n) is 7.35. The van der Waals surface area contributed by atoms with E-state index >= 15 is 0 Å². The number of carbonyl (C=O) groups excluding carboxylic acids is 3. The number of imidazole rings is 1. The molecule has 0 saturated carbocycles. The fraction of sp³-hybridized carbons (Fsp3) is 0.586. The molecule has 202 valence electrons. The molecule has 1 aromatic heterocycles. The van der Waals surface area contributed by atoms with Crippen molar-refractivity contribution in [3.05, 3.63) is 48.1 Å². The number of hydrogen-bond acceptors (Lipinski definition) is 7. The molecule has 0 aromatic carbocycles. The molecule has 3 rings (SSSR count). The lowest BCUT2D eigenvalue weighted by molar-refractivity contribution is -0.164. The van der Waals surface area contributed by atoms with E-state index in [2.05, 4.69) is 31.8 Å². The number of aryl methyl sites for hydroxylation is 1. The normalized spacial score (nSPS) is 28.4. The molecular formula is C29H40N2O6. The molecule has 0 amide bonds. The lowest BCUT2D eigenvalue weighted by Gasteiger charge is -2.43. The van der Waals surface area contributed by atoms with E-state index in [9.17, 15) is 14.4 Å². The highest BCUT2D eigenvalue weighted by atomic mass is 16.6. The van der Waals surface area contributed by atoms with Crippen molar-refractivity contribution >= 4 is 24.0 Å². The average molecular weight is 513 g/mol. The van der Waals surface area contributed by atoms with Gasteiger partial charge < -0.3 is 18.8 Å². The largest absolute Gasteiger partial charge is 0.459 e. The summed E-state index contributed by atoms with van der Waals surface area (Å²) in [4.78, 5) is 40.9. The molecule has 1 aromatic rings. The zero-order chi connectivity index (χ0) is 27.1. The molecule has 8 heteroatoms. The second-order valence-electron chi connectivity index (χ2n) is 10.6. The van der Waals surface area contributed by atoms with Gasteiger partial charge in [0.25, 0.3) is 0 Å². The summed E-state index contributed by atoms with van der Waals surface area (Å²) in [7, 11) is 1.87. The van der Waals surface area contributed by atoms with Crippen molar-refractivity contribution in [1.82, 2.24) is 9.55 Å². The van der Waals surface area contributed by atoms with E-state index in [0.717, 1.165) is 6.42 Å². The Morgan fingerprint density at radius 3 is 2.43 bits per heavy atom. The molecule has 0 radical (unpaired) electrons. The molecule has 0 aliphatic heterocycles. The monoisotopic (exact) mass is 512 g/mol. The molecule has 1 heterocycles. The fourth-order valence-electron chi connectivity index (χ4n) is 5.63. The summed E-state index contributed by atoms with van der Waals surface area (Å²) in [6.45, 7) is 9.27. The number of fused-ring (bicyclic) bond motifs is 1. The molecule has 0 saturated heterocycles. The van der Waals surface area contributed by atoms with Crippen molar-refractivity contribution in [1.29, 1.82) is 0 Å². The lowest BCUT2D eigenvalue weighted by Crippen LogP contribution is -2.41. The Balaban J connectivity index is 1.91. The minimum atomic E-state index is -0.709. The summed E-state index contributed by atoms with van der Waals surface area (Å²) in [5, 5.41) is 0.